The van der Waals surface area contributed by atoms with Crippen LogP contribution in [0.15, 0.2) is 36.4 Å². The molecule has 26 heavy (non-hydrogen) atoms. The van der Waals surface area contributed by atoms with E-state index in [1.165, 1.54) is 22.9 Å². The molecule has 0 bridgehead atoms. The normalized spacial score (nSPS) is 17.6. The van der Waals surface area contributed by atoms with Crippen molar-refractivity contribution in [1.82, 2.24) is 15.1 Å². The second-order valence-electron chi connectivity index (χ2n) is 6.47. The predicted octanol–water partition coefficient (Wildman–Crippen LogP) is 3.82. The summed E-state index contributed by atoms with van der Waals surface area (Å²) < 4.78 is 48.9. The van der Waals surface area contributed by atoms with Gasteiger partial charge in [0.05, 0.1) is 17.5 Å². The van der Waals surface area contributed by atoms with Gasteiger partial charge in [-0.3, -0.25) is 0 Å². The average Bonchev–Trinajstić information content (AvgIpc) is 3.01. The van der Waals surface area contributed by atoms with Crippen LogP contribution < -0.4 is 10.1 Å². The number of fused-ring (bicyclic) bond motifs is 1. The van der Waals surface area contributed by atoms with Gasteiger partial charge in [-0.25, -0.2) is 17.9 Å². The van der Waals surface area contributed by atoms with Crippen LogP contribution in [-0.4, -0.2) is 29.5 Å². The SMILES string of the molecule is Fc1ccc(-n2nc(OCC3CCCNC3)c3c(F)cccc32)c(F)c1. The molecule has 0 saturated carbocycles. The molecule has 3 aromatic rings. The van der Waals surface area contributed by atoms with Gasteiger partial charge in [0, 0.05) is 18.5 Å². The lowest BCUT2D eigenvalue weighted by Crippen LogP contribution is -2.33. The van der Waals surface area contributed by atoms with Gasteiger partial charge in [-0.05, 0) is 43.7 Å². The van der Waals surface area contributed by atoms with Gasteiger partial charge in [0.15, 0.2) is 5.82 Å². The molecule has 1 aliphatic heterocycles. The summed E-state index contributed by atoms with van der Waals surface area (Å²) in [5.41, 5.74) is 0.406. The van der Waals surface area contributed by atoms with Crippen molar-refractivity contribution in [1.29, 1.82) is 0 Å². The van der Waals surface area contributed by atoms with Crippen LogP contribution in [0.2, 0.25) is 0 Å². The zero-order chi connectivity index (χ0) is 18.1. The van der Waals surface area contributed by atoms with E-state index in [0.717, 1.165) is 38.1 Å². The molecule has 2 heterocycles. The van der Waals surface area contributed by atoms with Crippen molar-refractivity contribution in [2.45, 2.75) is 12.8 Å². The molecular formula is C19H18F3N3O. The summed E-state index contributed by atoms with van der Waals surface area (Å²) in [4.78, 5) is 0. The first-order valence-electron chi connectivity index (χ1n) is 8.59. The van der Waals surface area contributed by atoms with Crippen LogP contribution in [0.25, 0.3) is 16.6 Å². The Bertz CT molecular complexity index is 935. The molecule has 4 nitrogen and oxygen atoms in total. The van der Waals surface area contributed by atoms with Gasteiger partial charge in [-0.2, -0.15) is 0 Å². The van der Waals surface area contributed by atoms with E-state index in [1.54, 1.807) is 6.07 Å². The first-order valence-corrected chi connectivity index (χ1v) is 8.59. The fraction of sp³-hybridized carbons (Fsp3) is 0.316. The third-order valence-electron chi connectivity index (χ3n) is 4.62. The fourth-order valence-corrected chi connectivity index (χ4v) is 3.30. The highest BCUT2D eigenvalue weighted by atomic mass is 19.1. The highest BCUT2D eigenvalue weighted by molar-refractivity contribution is 5.86. The number of rotatable bonds is 4. The number of hydrogen-bond donors (Lipinski definition) is 1. The van der Waals surface area contributed by atoms with Gasteiger partial charge in [0.1, 0.15) is 17.3 Å². The molecule has 0 amide bonds. The Morgan fingerprint density at radius 3 is 2.81 bits per heavy atom. The van der Waals surface area contributed by atoms with Crippen molar-refractivity contribution in [3.05, 3.63) is 53.8 Å². The number of halogens is 3. The largest absolute Gasteiger partial charge is 0.476 e. The lowest BCUT2D eigenvalue weighted by Gasteiger charge is -2.22. The Labute approximate surface area is 148 Å². The molecule has 1 aromatic heterocycles. The smallest absolute Gasteiger partial charge is 0.244 e. The minimum Gasteiger partial charge on any atom is -0.476 e. The van der Waals surface area contributed by atoms with Gasteiger partial charge in [-0.1, -0.05) is 6.07 Å². The number of nitrogens with zero attached hydrogens (tertiary/aromatic N) is 2. The molecule has 0 spiro atoms. The van der Waals surface area contributed by atoms with E-state index in [1.807, 2.05) is 0 Å². The molecule has 7 heteroatoms. The van der Waals surface area contributed by atoms with Crippen molar-refractivity contribution in [2.75, 3.05) is 19.7 Å². The molecule has 0 radical (unpaired) electrons. The molecule has 2 aromatic carbocycles. The number of benzene rings is 2. The second-order valence-corrected chi connectivity index (χ2v) is 6.47. The first-order chi connectivity index (χ1) is 12.6. The zero-order valence-corrected chi connectivity index (χ0v) is 14.0. The Hall–Kier alpha value is -2.54. The quantitative estimate of drug-likeness (QED) is 0.768. The molecular weight excluding hydrogens is 343 g/mol. The number of hydrogen-bond acceptors (Lipinski definition) is 3. The van der Waals surface area contributed by atoms with E-state index in [9.17, 15) is 13.2 Å². The number of piperidine rings is 1. The molecule has 1 aliphatic rings. The van der Waals surface area contributed by atoms with Gasteiger partial charge in [-0.15, -0.1) is 5.10 Å². The standard InChI is InChI=1S/C19H18F3N3O/c20-13-6-7-16(15(22)9-13)25-17-5-1-4-14(21)18(17)19(24-25)26-11-12-3-2-8-23-10-12/h1,4-7,9,12,23H,2-3,8,10-11H2. The number of nitrogens with one attached hydrogen (secondary N) is 1. The Morgan fingerprint density at radius 1 is 1.15 bits per heavy atom. The van der Waals surface area contributed by atoms with Crippen molar-refractivity contribution in [3.63, 3.8) is 0 Å². The summed E-state index contributed by atoms with van der Waals surface area (Å²) in [7, 11) is 0. The van der Waals surface area contributed by atoms with Crippen molar-refractivity contribution >= 4 is 10.9 Å². The van der Waals surface area contributed by atoms with Gasteiger partial charge in [0.25, 0.3) is 0 Å². The fourth-order valence-electron chi connectivity index (χ4n) is 3.30. The van der Waals surface area contributed by atoms with Crippen LogP contribution in [0.1, 0.15) is 12.8 Å². The van der Waals surface area contributed by atoms with E-state index < -0.39 is 17.5 Å². The molecule has 0 aliphatic carbocycles. The van der Waals surface area contributed by atoms with Gasteiger partial charge < -0.3 is 10.1 Å². The van der Waals surface area contributed by atoms with Crippen molar-refractivity contribution in [3.8, 4) is 11.6 Å². The maximum absolute atomic E-state index is 14.4. The van der Waals surface area contributed by atoms with Crippen LogP contribution in [0.4, 0.5) is 13.2 Å². The zero-order valence-electron chi connectivity index (χ0n) is 14.0. The lowest BCUT2D eigenvalue weighted by atomic mass is 10.0. The van der Waals surface area contributed by atoms with E-state index in [2.05, 4.69) is 10.4 Å². The van der Waals surface area contributed by atoms with Crippen molar-refractivity contribution in [2.24, 2.45) is 5.92 Å². The molecule has 1 unspecified atom stereocenters. The van der Waals surface area contributed by atoms with Crippen LogP contribution in [0, 0.1) is 23.4 Å². The minimum atomic E-state index is -0.776. The van der Waals surface area contributed by atoms with E-state index in [4.69, 9.17) is 4.74 Å². The Morgan fingerprint density at radius 2 is 2.04 bits per heavy atom. The highest BCUT2D eigenvalue weighted by Crippen LogP contribution is 2.31. The van der Waals surface area contributed by atoms with Crippen LogP contribution in [0.5, 0.6) is 5.88 Å². The lowest BCUT2D eigenvalue weighted by molar-refractivity contribution is 0.213. The summed E-state index contributed by atoms with van der Waals surface area (Å²) in [5.74, 6) is -1.52. The minimum absolute atomic E-state index is 0.0381. The first kappa shape index (κ1) is 16.9. The predicted molar refractivity (Wildman–Crippen MR) is 92.0 cm³/mol. The molecule has 1 atom stereocenters. The summed E-state index contributed by atoms with van der Waals surface area (Å²) >= 11 is 0. The highest BCUT2D eigenvalue weighted by Gasteiger charge is 2.21. The Balaban J connectivity index is 1.73. The number of aromatic nitrogens is 2. The molecule has 1 saturated heterocycles. The van der Waals surface area contributed by atoms with E-state index in [-0.39, 0.29) is 17.0 Å². The maximum atomic E-state index is 14.4. The molecule has 1 N–H and O–H groups in total. The summed E-state index contributed by atoms with van der Waals surface area (Å²) in [6, 6.07) is 7.65. The summed E-state index contributed by atoms with van der Waals surface area (Å²) in [6.07, 6.45) is 2.10. The molecule has 136 valence electrons. The third kappa shape index (κ3) is 3.14. The van der Waals surface area contributed by atoms with Crippen LogP contribution >= 0.6 is 0 Å². The van der Waals surface area contributed by atoms with E-state index >= 15 is 0 Å². The molecule has 4 rings (SSSR count). The summed E-state index contributed by atoms with van der Waals surface area (Å²) in [5, 5.41) is 7.76. The summed E-state index contributed by atoms with van der Waals surface area (Å²) in [6.45, 7) is 2.24. The van der Waals surface area contributed by atoms with E-state index in [0.29, 0.717) is 18.0 Å². The van der Waals surface area contributed by atoms with Crippen molar-refractivity contribution < 1.29 is 17.9 Å². The number of ether oxygens (including phenoxy) is 1. The second kappa shape index (κ2) is 6.99. The Kier molecular flexibility index (Phi) is 4.55. The van der Waals surface area contributed by atoms with Crippen LogP contribution in [-0.2, 0) is 0 Å². The monoisotopic (exact) mass is 361 g/mol. The average molecular weight is 361 g/mol. The third-order valence-corrected chi connectivity index (χ3v) is 4.62. The van der Waals surface area contributed by atoms with Crippen LogP contribution in [0.3, 0.4) is 0 Å². The van der Waals surface area contributed by atoms with Gasteiger partial charge in [0.2, 0.25) is 5.88 Å². The van der Waals surface area contributed by atoms with Gasteiger partial charge >= 0.3 is 0 Å². The maximum Gasteiger partial charge on any atom is 0.244 e. The topological polar surface area (TPSA) is 39.1 Å². The molecule has 1 fully saturated rings.